The van der Waals surface area contributed by atoms with E-state index in [1.807, 2.05) is 31.2 Å². The van der Waals surface area contributed by atoms with Crippen molar-refractivity contribution < 1.29 is 19.7 Å². The summed E-state index contributed by atoms with van der Waals surface area (Å²) in [5, 5.41) is 15.0. The highest BCUT2D eigenvalue weighted by Crippen LogP contribution is 2.24. The van der Waals surface area contributed by atoms with Crippen LogP contribution in [-0.2, 0) is 4.89 Å². The number of urea groups is 1. The molecular weight excluding hydrogens is 488 g/mol. The number of nitrogens with one attached hydrogen (secondary N) is 2. The minimum atomic E-state index is -0.526. The fourth-order valence-corrected chi connectivity index (χ4v) is 3.63. The molecule has 3 rings (SSSR count). The van der Waals surface area contributed by atoms with Gasteiger partial charge in [-0.2, -0.15) is 0 Å². The average molecular weight is 521 g/mol. The smallest absolute Gasteiger partial charge is 0.308 e. The standard InChI is InChI=1S/C27H27ClN2O4.C3H6/c1-2-3-4-7-23(34-33)18-26(31)21-12-10-19(11-13-21)20-14-16-22(17-15-20)29-27(32)30-25-9-6-5-8-24(25)28;1-3-2/h2,5-6,8-17,23,33H,1,3-4,7,18H2,(H2,29,30,32);3H,1H2,2H3. The molecular formula is C30H33ClN2O4. The number of ketones is 1. The van der Waals surface area contributed by atoms with Gasteiger partial charge in [0.2, 0.25) is 0 Å². The Morgan fingerprint density at radius 2 is 1.57 bits per heavy atom. The van der Waals surface area contributed by atoms with Crippen LogP contribution in [0.2, 0.25) is 5.02 Å². The van der Waals surface area contributed by atoms with Crippen LogP contribution in [0.1, 0.15) is 43.0 Å². The third-order valence-corrected chi connectivity index (χ3v) is 5.63. The van der Waals surface area contributed by atoms with E-state index in [1.54, 1.807) is 60.7 Å². The number of benzene rings is 3. The first-order valence-electron chi connectivity index (χ1n) is 12.0. The lowest BCUT2D eigenvalue weighted by Crippen LogP contribution is -2.19. The van der Waals surface area contributed by atoms with Gasteiger partial charge in [-0.3, -0.25) is 10.1 Å². The fraction of sp³-hybridized carbons (Fsp3) is 0.200. The van der Waals surface area contributed by atoms with Crippen LogP contribution in [0, 0.1) is 0 Å². The van der Waals surface area contributed by atoms with E-state index in [0.29, 0.717) is 28.4 Å². The number of allylic oxidation sites excluding steroid dienone is 2. The van der Waals surface area contributed by atoms with Crippen molar-refractivity contribution in [2.24, 2.45) is 0 Å². The number of halogens is 1. The van der Waals surface area contributed by atoms with E-state index in [-0.39, 0.29) is 12.2 Å². The summed E-state index contributed by atoms with van der Waals surface area (Å²) in [6, 6.07) is 21.2. The Balaban J connectivity index is 0.00000153. The van der Waals surface area contributed by atoms with Crippen LogP contribution in [0.15, 0.2) is 98.1 Å². The molecule has 0 aliphatic heterocycles. The molecule has 7 heteroatoms. The molecule has 0 saturated carbocycles. The molecule has 6 nitrogen and oxygen atoms in total. The van der Waals surface area contributed by atoms with E-state index in [9.17, 15) is 9.59 Å². The van der Waals surface area contributed by atoms with Gasteiger partial charge < -0.3 is 10.6 Å². The van der Waals surface area contributed by atoms with Gasteiger partial charge in [0.05, 0.1) is 16.8 Å². The zero-order valence-electron chi connectivity index (χ0n) is 21.0. The van der Waals surface area contributed by atoms with Crippen LogP contribution in [0.5, 0.6) is 0 Å². The molecule has 1 unspecified atom stereocenters. The molecule has 0 radical (unpaired) electrons. The van der Waals surface area contributed by atoms with Crippen LogP contribution in [0.25, 0.3) is 11.1 Å². The Bertz CT molecular complexity index is 1160. The number of hydrogen-bond donors (Lipinski definition) is 3. The molecule has 0 spiro atoms. The summed E-state index contributed by atoms with van der Waals surface area (Å²) in [6.07, 6.45) is 5.33. The first kappa shape index (κ1) is 29.5. The van der Waals surface area contributed by atoms with E-state index in [1.165, 1.54) is 0 Å². The number of carbonyl (C=O) groups is 2. The highest BCUT2D eigenvalue weighted by molar-refractivity contribution is 6.33. The molecule has 1 atom stereocenters. The molecule has 0 saturated heterocycles. The van der Waals surface area contributed by atoms with Crippen LogP contribution < -0.4 is 10.6 Å². The van der Waals surface area contributed by atoms with Crippen molar-refractivity contribution in [2.45, 2.75) is 38.7 Å². The number of carbonyl (C=O) groups excluding carboxylic acids is 2. The predicted octanol–water partition coefficient (Wildman–Crippen LogP) is 8.63. The van der Waals surface area contributed by atoms with Crippen molar-refractivity contribution in [1.29, 1.82) is 0 Å². The molecule has 3 aromatic rings. The summed E-state index contributed by atoms with van der Waals surface area (Å²) in [5.41, 5.74) is 3.60. The molecule has 2 amide bonds. The Morgan fingerprint density at radius 3 is 2.14 bits per heavy atom. The van der Waals surface area contributed by atoms with Crippen molar-refractivity contribution in [3.8, 4) is 11.1 Å². The maximum atomic E-state index is 12.5. The van der Waals surface area contributed by atoms with Gasteiger partial charge in [-0.15, -0.1) is 13.2 Å². The maximum Gasteiger partial charge on any atom is 0.323 e. The van der Waals surface area contributed by atoms with Crippen molar-refractivity contribution in [2.75, 3.05) is 10.6 Å². The summed E-state index contributed by atoms with van der Waals surface area (Å²) < 4.78 is 0. The molecule has 194 valence electrons. The Kier molecular flexibility index (Phi) is 12.9. The van der Waals surface area contributed by atoms with Gasteiger partial charge in [-0.1, -0.05) is 72.3 Å². The molecule has 3 N–H and O–H groups in total. The van der Waals surface area contributed by atoms with Crippen LogP contribution in [0.3, 0.4) is 0 Å². The Morgan fingerprint density at radius 1 is 0.973 bits per heavy atom. The first-order valence-corrected chi connectivity index (χ1v) is 12.3. The lowest BCUT2D eigenvalue weighted by molar-refractivity contribution is -0.278. The van der Waals surface area contributed by atoms with Crippen molar-refractivity contribution in [3.63, 3.8) is 0 Å². The highest BCUT2D eigenvalue weighted by Gasteiger charge is 2.16. The lowest BCUT2D eigenvalue weighted by atomic mass is 9.98. The van der Waals surface area contributed by atoms with Gasteiger partial charge in [0, 0.05) is 17.7 Å². The monoisotopic (exact) mass is 520 g/mol. The third kappa shape index (κ3) is 10.1. The van der Waals surface area contributed by atoms with Crippen molar-refractivity contribution >= 4 is 34.8 Å². The van der Waals surface area contributed by atoms with Crippen LogP contribution in [0.4, 0.5) is 16.2 Å². The van der Waals surface area contributed by atoms with Gasteiger partial charge in [-0.25, -0.2) is 9.68 Å². The predicted molar refractivity (Wildman–Crippen MR) is 152 cm³/mol. The summed E-state index contributed by atoms with van der Waals surface area (Å²) in [5.74, 6) is -0.0896. The highest BCUT2D eigenvalue weighted by atomic mass is 35.5. The average Bonchev–Trinajstić information content (AvgIpc) is 2.90. The summed E-state index contributed by atoms with van der Waals surface area (Å²) >= 11 is 6.06. The molecule has 0 aliphatic carbocycles. The first-order chi connectivity index (χ1) is 17.9. The minimum absolute atomic E-state index is 0.0896. The Labute approximate surface area is 223 Å². The van der Waals surface area contributed by atoms with Gasteiger partial charge in [0.1, 0.15) is 0 Å². The maximum absolute atomic E-state index is 12.5. The summed E-state index contributed by atoms with van der Waals surface area (Å²) in [7, 11) is 0. The van der Waals surface area contributed by atoms with Gasteiger partial charge in [0.25, 0.3) is 0 Å². The topological polar surface area (TPSA) is 87.7 Å². The van der Waals surface area contributed by atoms with Crippen LogP contribution >= 0.6 is 11.6 Å². The molecule has 0 bridgehead atoms. The van der Waals surface area contributed by atoms with Crippen molar-refractivity contribution in [1.82, 2.24) is 0 Å². The molecule has 0 heterocycles. The normalized spacial score (nSPS) is 10.9. The second kappa shape index (κ2) is 16.1. The fourth-order valence-electron chi connectivity index (χ4n) is 3.45. The number of Topliss-reactive ketones (excluding diaryl/α,β-unsaturated/α-hetero) is 1. The molecule has 0 aromatic heterocycles. The number of rotatable bonds is 11. The van der Waals surface area contributed by atoms with Gasteiger partial charge >= 0.3 is 6.03 Å². The third-order valence-electron chi connectivity index (χ3n) is 5.30. The largest absolute Gasteiger partial charge is 0.323 e. The zero-order valence-corrected chi connectivity index (χ0v) is 21.7. The second-order valence-electron chi connectivity index (χ2n) is 8.20. The number of para-hydroxylation sites is 1. The zero-order chi connectivity index (χ0) is 27.0. The second-order valence-corrected chi connectivity index (χ2v) is 8.60. The quantitative estimate of drug-likeness (QED) is 0.0776. The number of amides is 2. The van der Waals surface area contributed by atoms with E-state index in [4.69, 9.17) is 16.9 Å². The number of hydrogen-bond acceptors (Lipinski definition) is 4. The van der Waals surface area contributed by atoms with E-state index < -0.39 is 12.1 Å². The minimum Gasteiger partial charge on any atom is -0.308 e. The molecule has 0 aliphatic rings. The van der Waals surface area contributed by atoms with Gasteiger partial charge in [-0.05, 0) is 61.6 Å². The molecule has 3 aromatic carbocycles. The lowest BCUT2D eigenvalue weighted by Gasteiger charge is -2.12. The Hall–Kier alpha value is -3.71. The van der Waals surface area contributed by atoms with Gasteiger partial charge in [0.15, 0.2) is 5.78 Å². The number of anilines is 2. The SMILES string of the molecule is C=CC.C=CCCCC(CC(=O)c1ccc(-c2ccc(NC(=O)Nc3ccccc3Cl)cc2)cc1)OO. The van der Waals surface area contributed by atoms with E-state index in [0.717, 1.165) is 24.0 Å². The van der Waals surface area contributed by atoms with Crippen molar-refractivity contribution in [3.05, 3.63) is 109 Å². The van der Waals surface area contributed by atoms with Crippen LogP contribution in [-0.4, -0.2) is 23.2 Å². The number of unbranched alkanes of at least 4 members (excludes halogenated alkanes) is 1. The van der Waals surface area contributed by atoms with E-state index in [2.05, 4.69) is 28.7 Å². The summed E-state index contributed by atoms with van der Waals surface area (Å²) in [6.45, 7) is 8.91. The summed E-state index contributed by atoms with van der Waals surface area (Å²) in [4.78, 5) is 29.2. The molecule has 0 fully saturated rings. The van der Waals surface area contributed by atoms with E-state index >= 15 is 0 Å². The molecule has 37 heavy (non-hydrogen) atoms.